The number of halogens is 2. The fourth-order valence-electron chi connectivity index (χ4n) is 4.30. The van der Waals surface area contributed by atoms with E-state index >= 15 is 0 Å². The Kier molecular flexibility index (Phi) is 11.6. The van der Waals surface area contributed by atoms with E-state index < -0.39 is 24.0 Å². The minimum Gasteiger partial charge on any atom is -0.489 e. The van der Waals surface area contributed by atoms with Gasteiger partial charge < -0.3 is 14.8 Å². The van der Waals surface area contributed by atoms with Crippen LogP contribution in [-0.4, -0.2) is 30.2 Å². The van der Waals surface area contributed by atoms with Gasteiger partial charge in [-0.1, -0.05) is 54.7 Å². The number of benzene rings is 3. The van der Waals surface area contributed by atoms with Crippen LogP contribution in [0.2, 0.25) is 10.0 Å². The molecule has 0 aliphatic heterocycles. The molecule has 3 rings (SSSR count). The minimum atomic E-state index is -0.890. The minimum absolute atomic E-state index is 0.150. The molecule has 0 spiro atoms. The Hall–Kier alpha value is -3.55. The van der Waals surface area contributed by atoms with Gasteiger partial charge in [-0.25, -0.2) is 5.43 Å². The Balaban J connectivity index is 1.55. The second kappa shape index (κ2) is 14.9. The number of aryl methyl sites for hydroxylation is 3. The molecule has 0 saturated heterocycles. The van der Waals surface area contributed by atoms with Crippen LogP contribution in [0.5, 0.6) is 11.5 Å². The van der Waals surface area contributed by atoms with Gasteiger partial charge in [0.05, 0.1) is 11.2 Å². The Morgan fingerprint density at radius 2 is 1.59 bits per heavy atom. The molecule has 0 unspecified atom stereocenters. The molecule has 3 aromatic carbocycles. The maximum atomic E-state index is 12.9. The fraction of sp³-hybridized carbons (Fsp3) is 0.344. The van der Waals surface area contributed by atoms with Crippen LogP contribution in [0.3, 0.4) is 0 Å². The predicted octanol–water partition coefficient (Wildman–Crippen LogP) is 6.95. The third kappa shape index (κ3) is 9.80. The highest BCUT2D eigenvalue weighted by atomic mass is 35.5. The highest BCUT2D eigenvalue weighted by Gasteiger charge is 2.25. The van der Waals surface area contributed by atoms with Gasteiger partial charge in [-0.15, -0.1) is 0 Å². The second-order valence-corrected chi connectivity index (χ2v) is 11.3. The van der Waals surface area contributed by atoms with Gasteiger partial charge in [-0.05, 0) is 105 Å². The van der Waals surface area contributed by atoms with E-state index in [2.05, 4.69) is 48.7 Å². The first kappa shape index (κ1) is 32.0. The average Bonchev–Trinajstić information content (AvgIpc) is 2.89. The van der Waals surface area contributed by atoms with Gasteiger partial charge in [0.15, 0.2) is 6.10 Å². The average molecular weight is 599 g/mol. The summed E-state index contributed by atoms with van der Waals surface area (Å²) in [6.45, 7) is 12.3. The van der Waals surface area contributed by atoms with E-state index in [4.69, 9.17) is 32.7 Å². The SMILES string of the molecule is Cc1cc(C)c(COc2ccc(/C=N\NC(=O)[C@@H](CC(C)C)NC(=O)[C@H](C)Oc3ccc(Cl)cc3Cl)cc2)c(C)c1. The third-order valence-electron chi connectivity index (χ3n) is 6.40. The monoisotopic (exact) mass is 597 g/mol. The summed E-state index contributed by atoms with van der Waals surface area (Å²) in [5, 5.41) is 7.59. The van der Waals surface area contributed by atoms with Crippen molar-refractivity contribution >= 4 is 41.2 Å². The zero-order valence-electron chi connectivity index (χ0n) is 24.3. The molecule has 3 aromatic rings. The van der Waals surface area contributed by atoms with Crippen LogP contribution in [0.15, 0.2) is 59.7 Å². The predicted molar refractivity (Wildman–Crippen MR) is 165 cm³/mol. The van der Waals surface area contributed by atoms with Gasteiger partial charge in [-0.3, -0.25) is 9.59 Å². The largest absolute Gasteiger partial charge is 0.489 e. The number of carbonyl (C=O) groups excluding carboxylic acids is 2. The van der Waals surface area contributed by atoms with Crippen molar-refractivity contribution in [3.8, 4) is 11.5 Å². The number of amides is 2. The molecule has 2 N–H and O–H groups in total. The van der Waals surface area contributed by atoms with Gasteiger partial charge in [-0.2, -0.15) is 5.10 Å². The van der Waals surface area contributed by atoms with E-state index in [0.717, 1.165) is 11.3 Å². The summed E-state index contributed by atoms with van der Waals surface area (Å²) in [6, 6.07) is 15.7. The molecule has 0 fully saturated rings. The lowest BCUT2D eigenvalue weighted by Crippen LogP contribution is -2.49. The smallest absolute Gasteiger partial charge is 0.262 e. The Labute approximate surface area is 252 Å². The van der Waals surface area contributed by atoms with E-state index in [1.54, 1.807) is 25.3 Å². The van der Waals surface area contributed by atoms with Crippen LogP contribution in [0.1, 0.15) is 55.0 Å². The molecule has 0 bridgehead atoms. The van der Waals surface area contributed by atoms with E-state index in [0.29, 0.717) is 28.8 Å². The Morgan fingerprint density at radius 1 is 0.927 bits per heavy atom. The molecule has 0 saturated carbocycles. The van der Waals surface area contributed by atoms with Crippen molar-refractivity contribution in [3.63, 3.8) is 0 Å². The molecular formula is C32H37Cl2N3O4. The van der Waals surface area contributed by atoms with Crippen LogP contribution in [0.4, 0.5) is 0 Å². The molecule has 0 aliphatic carbocycles. The topological polar surface area (TPSA) is 89.0 Å². The molecule has 7 nitrogen and oxygen atoms in total. The van der Waals surface area contributed by atoms with Gasteiger partial charge >= 0.3 is 0 Å². The van der Waals surface area contributed by atoms with Crippen LogP contribution < -0.4 is 20.2 Å². The van der Waals surface area contributed by atoms with Crippen molar-refractivity contribution in [1.29, 1.82) is 0 Å². The van der Waals surface area contributed by atoms with Gasteiger partial charge in [0.2, 0.25) is 0 Å². The first-order valence-corrected chi connectivity index (χ1v) is 14.2. The second-order valence-electron chi connectivity index (χ2n) is 10.5. The fourth-order valence-corrected chi connectivity index (χ4v) is 4.75. The lowest BCUT2D eigenvalue weighted by molar-refractivity contribution is -0.132. The van der Waals surface area contributed by atoms with Crippen LogP contribution in [0.25, 0.3) is 0 Å². The lowest BCUT2D eigenvalue weighted by Gasteiger charge is -2.22. The lowest BCUT2D eigenvalue weighted by atomic mass is 10.0. The molecule has 41 heavy (non-hydrogen) atoms. The van der Waals surface area contributed by atoms with Gasteiger partial charge in [0.1, 0.15) is 24.1 Å². The van der Waals surface area contributed by atoms with Crippen molar-refractivity contribution in [2.75, 3.05) is 0 Å². The Bertz CT molecular complexity index is 1370. The quantitative estimate of drug-likeness (QED) is 0.175. The molecule has 0 aromatic heterocycles. The van der Waals surface area contributed by atoms with Crippen LogP contribution in [0, 0.1) is 26.7 Å². The molecule has 218 valence electrons. The molecule has 0 heterocycles. The van der Waals surface area contributed by atoms with Gasteiger partial charge in [0.25, 0.3) is 11.8 Å². The van der Waals surface area contributed by atoms with Crippen molar-refractivity contribution in [2.24, 2.45) is 11.0 Å². The Morgan fingerprint density at radius 3 is 2.20 bits per heavy atom. The first-order chi connectivity index (χ1) is 19.4. The van der Waals surface area contributed by atoms with Crippen molar-refractivity contribution in [3.05, 3.63) is 92.5 Å². The summed E-state index contributed by atoms with van der Waals surface area (Å²) in [6.07, 6.45) is 1.07. The molecule has 0 aliphatic rings. The van der Waals surface area contributed by atoms with Crippen LogP contribution in [-0.2, 0) is 16.2 Å². The highest BCUT2D eigenvalue weighted by Crippen LogP contribution is 2.28. The highest BCUT2D eigenvalue weighted by molar-refractivity contribution is 6.35. The van der Waals surface area contributed by atoms with Crippen molar-refractivity contribution in [1.82, 2.24) is 10.7 Å². The number of hydrogen-bond donors (Lipinski definition) is 2. The zero-order valence-corrected chi connectivity index (χ0v) is 25.8. The number of ether oxygens (including phenoxy) is 2. The van der Waals surface area contributed by atoms with E-state index in [1.807, 2.05) is 38.1 Å². The molecular weight excluding hydrogens is 561 g/mol. The summed E-state index contributed by atoms with van der Waals surface area (Å²) in [5.74, 6) is 0.333. The molecule has 9 heteroatoms. The van der Waals surface area contributed by atoms with E-state index in [1.165, 1.54) is 28.3 Å². The first-order valence-electron chi connectivity index (χ1n) is 13.5. The van der Waals surface area contributed by atoms with Crippen molar-refractivity contribution < 1.29 is 19.1 Å². The zero-order chi connectivity index (χ0) is 30.1. The molecule has 2 amide bonds. The summed E-state index contributed by atoms with van der Waals surface area (Å²) >= 11 is 12.1. The van der Waals surface area contributed by atoms with Gasteiger partial charge in [0, 0.05) is 5.02 Å². The number of carbonyl (C=O) groups is 2. The third-order valence-corrected chi connectivity index (χ3v) is 6.93. The number of nitrogens with zero attached hydrogens (tertiary/aromatic N) is 1. The summed E-state index contributed by atoms with van der Waals surface area (Å²) in [7, 11) is 0. The van der Waals surface area contributed by atoms with E-state index in [9.17, 15) is 9.59 Å². The maximum absolute atomic E-state index is 12.9. The van der Waals surface area contributed by atoms with E-state index in [-0.39, 0.29) is 5.92 Å². The van der Waals surface area contributed by atoms with Crippen LogP contribution >= 0.6 is 23.2 Å². The van der Waals surface area contributed by atoms with Crippen molar-refractivity contribution in [2.45, 2.75) is 66.7 Å². The summed E-state index contributed by atoms with van der Waals surface area (Å²) in [5.41, 5.74) is 8.15. The number of nitrogens with one attached hydrogen (secondary N) is 2. The standard InChI is InChI=1S/C32H37Cl2N3O4/c1-19(2)13-29(36-31(38)23(6)41-30-12-9-25(33)16-28(30)34)32(39)37-35-17-24-7-10-26(11-8-24)40-18-27-21(4)14-20(3)15-22(27)5/h7-12,14-17,19,23,29H,13,18H2,1-6H3,(H,36,38)(H,37,39)/b35-17-/t23-,29+/m0/s1. The number of hydrazone groups is 1. The summed E-state index contributed by atoms with van der Waals surface area (Å²) < 4.78 is 11.7. The summed E-state index contributed by atoms with van der Waals surface area (Å²) in [4.78, 5) is 25.7. The number of rotatable bonds is 12. The molecule has 0 radical (unpaired) electrons. The maximum Gasteiger partial charge on any atom is 0.262 e. The molecule has 2 atom stereocenters. The number of hydrogen-bond acceptors (Lipinski definition) is 5. The normalized spacial score (nSPS) is 12.7.